The Morgan fingerprint density at radius 1 is 1.40 bits per heavy atom. The van der Waals surface area contributed by atoms with Crippen molar-refractivity contribution in [3.63, 3.8) is 0 Å². The number of benzene rings is 1. The molecule has 0 aromatic heterocycles. The highest BCUT2D eigenvalue weighted by Gasteiger charge is 2.21. The maximum Gasteiger partial charge on any atom is 0.251 e. The summed E-state index contributed by atoms with van der Waals surface area (Å²) in [5.41, 5.74) is 0.774. The molecular weight excluding hydrogens is 342 g/mol. The van der Waals surface area contributed by atoms with Crippen LogP contribution in [0.15, 0.2) is 24.3 Å². The molecule has 0 saturated carbocycles. The van der Waals surface area contributed by atoms with Crippen LogP contribution in [-0.2, 0) is 14.8 Å². The van der Waals surface area contributed by atoms with Crippen molar-refractivity contribution in [2.24, 2.45) is 5.92 Å². The number of nitrogens with zero attached hydrogens (tertiary/aromatic N) is 1. The first-order valence-electron chi connectivity index (χ1n) is 8.43. The molecule has 1 aliphatic heterocycles. The fourth-order valence-corrected chi connectivity index (χ4v) is 3.39. The third kappa shape index (κ3) is 7.01. The molecule has 0 radical (unpaired) electrons. The summed E-state index contributed by atoms with van der Waals surface area (Å²) >= 11 is 0. The Balaban J connectivity index is 1.88. The molecule has 1 unspecified atom stereocenters. The standard InChI is InChI=1S/C17H27N3O4S/c1-13(2)11-20-7-8-24-16(12-20)10-18-17(21)14-5-4-6-15(9-14)19-25(3,22)23/h4-6,9,13,16,19H,7-8,10-12H2,1-3H3,(H,18,21). The summed E-state index contributed by atoms with van der Waals surface area (Å²) in [4.78, 5) is 14.7. The molecule has 8 heteroatoms. The first-order chi connectivity index (χ1) is 11.7. The number of anilines is 1. The Morgan fingerprint density at radius 2 is 2.16 bits per heavy atom. The minimum atomic E-state index is -3.37. The van der Waals surface area contributed by atoms with Crippen LogP contribution in [-0.4, -0.2) is 64.4 Å². The molecule has 0 spiro atoms. The molecular formula is C17H27N3O4S. The number of hydrogen-bond acceptors (Lipinski definition) is 5. The summed E-state index contributed by atoms with van der Waals surface area (Å²) in [6.07, 6.45) is 1.04. The predicted molar refractivity (Wildman–Crippen MR) is 98.3 cm³/mol. The Labute approximate surface area is 149 Å². The molecule has 25 heavy (non-hydrogen) atoms. The zero-order valence-corrected chi connectivity index (χ0v) is 15.8. The van der Waals surface area contributed by atoms with Gasteiger partial charge in [0.1, 0.15) is 0 Å². The average molecular weight is 369 g/mol. The Morgan fingerprint density at radius 3 is 2.84 bits per heavy atom. The van der Waals surface area contributed by atoms with E-state index in [0.29, 0.717) is 30.3 Å². The minimum Gasteiger partial charge on any atom is -0.374 e. The van der Waals surface area contributed by atoms with Gasteiger partial charge in [0.05, 0.1) is 19.0 Å². The number of amides is 1. The third-order valence-electron chi connectivity index (χ3n) is 3.76. The lowest BCUT2D eigenvalue weighted by atomic mass is 10.1. The largest absolute Gasteiger partial charge is 0.374 e. The SMILES string of the molecule is CC(C)CN1CCOC(CNC(=O)c2cccc(NS(C)(=O)=O)c2)C1. The van der Waals surface area contributed by atoms with Crippen LogP contribution < -0.4 is 10.0 Å². The number of morpholine rings is 1. The van der Waals surface area contributed by atoms with E-state index in [1.165, 1.54) is 6.07 Å². The number of sulfonamides is 1. The fourth-order valence-electron chi connectivity index (χ4n) is 2.83. The molecule has 1 aromatic rings. The molecule has 0 aliphatic carbocycles. The molecule has 1 fully saturated rings. The van der Waals surface area contributed by atoms with Gasteiger partial charge in [-0.05, 0) is 24.1 Å². The topological polar surface area (TPSA) is 87.7 Å². The van der Waals surface area contributed by atoms with Crippen molar-refractivity contribution in [3.8, 4) is 0 Å². The Hall–Kier alpha value is -1.64. The van der Waals surface area contributed by atoms with Crippen LogP contribution in [0.3, 0.4) is 0 Å². The lowest BCUT2D eigenvalue weighted by Crippen LogP contribution is -2.48. The third-order valence-corrected chi connectivity index (χ3v) is 4.37. The van der Waals surface area contributed by atoms with Crippen molar-refractivity contribution in [1.82, 2.24) is 10.2 Å². The second-order valence-electron chi connectivity index (χ2n) is 6.81. The number of carbonyl (C=O) groups excluding carboxylic acids is 1. The van der Waals surface area contributed by atoms with E-state index in [2.05, 4.69) is 28.8 Å². The van der Waals surface area contributed by atoms with Gasteiger partial charge in [-0.1, -0.05) is 19.9 Å². The van der Waals surface area contributed by atoms with Gasteiger partial charge in [0, 0.05) is 37.4 Å². The van der Waals surface area contributed by atoms with E-state index in [4.69, 9.17) is 4.74 Å². The Kier molecular flexibility index (Phi) is 6.80. The van der Waals surface area contributed by atoms with Gasteiger partial charge in [-0.25, -0.2) is 8.42 Å². The predicted octanol–water partition coefficient (Wildman–Crippen LogP) is 1.14. The quantitative estimate of drug-likeness (QED) is 0.753. The fraction of sp³-hybridized carbons (Fsp3) is 0.588. The van der Waals surface area contributed by atoms with Gasteiger partial charge in [0.25, 0.3) is 5.91 Å². The monoisotopic (exact) mass is 369 g/mol. The maximum atomic E-state index is 12.3. The summed E-state index contributed by atoms with van der Waals surface area (Å²) in [5, 5.41) is 2.86. The molecule has 1 saturated heterocycles. The zero-order chi connectivity index (χ0) is 18.4. The van der Waals surface area contributed by atoms with Gasteiger partial charge >= 0.3 is 0 Å². The second-order valence-corrected chi connectivity index (χ2v) is 8.56. The molecule has 1 aromatic carbocycles. The van der Waals surface area contributed by atoms with Gasteiger partial charge in [-0.15, -0.1) is 0 Å². The number of rotatable bonds is 7. The van der Waals surface area contributed by atoms with E-state index in [0.717, 1.165) is 25.9 Å². The van der Waals surface area contributed by atoms with Crippen LogP contribution in [0.4, 0.5) is 5.69 Å². The number of nitrogens with one attached hydrogen (secondary N) is 2. The summed E-state index contributed by atoms with van der Waals surface area (Å²) in [5.74, 6) is 0.347. The van der Waals surface area contributed by atoms with Crippen molar-refractivity contribution in [2.45, 2.75) is 20.0 Å². The molecule has 1 amide bonds. The number of hydrogen-bond donors (Lipinski definition) is 2. The van der Waals surface area contributed by atoms with Crippen LogP contribution in [0.5, 0.6) is 0 Å². The van der Waals surface area contributed by atoms with Crippen LogP contribution in [0.1, 0.15) is 24.2 Å². The second kappa shape index (κ2) is 8.64. The average Bonchev–Trinajstić information content (AvgIpc) is 2.51. The van der Waals surface area contributed by atoms with Crippen molar-refractivity contribution in [3.05, 3.63) is 29.8 Å². The van der Waals surface area contributed by atoms with Crippen LogP contribution in [0, 0.1) is 5.92 Å². The minimum absolute atomic E-state index is 0.0335. The van der Waals surface area contributed by atoms with E-state index < -0.39 is 10.0 Å². The lowest BCUT2D eigenvalue weighted by molar-refractivity contribution is -0.0295. The molecule has 1 atom stereocenters. The van der Waals surface area contributed by atoms with Gasteiger partial charge in [0.2, 0.25) is 10.0 Å². The first-order valence-corrected chi connectivity index (χ1v) is 10.3. The van der Waals surface area contributed by atoms with Crippen molar-refractivity contribution < 1.29 is 17.9 Å². The van der Waals surface area contributed by atoms with Crippen LogP contribution in [0.2, 0.25) is 0 Å². The van der Waals surface area contributed by atoms with Crippen LogP contribution in [0.25, 0.3) is 0 Å². The summed E-state index contributed by atoms with van der Waals surface area (Å²) in [7, 11) is -3.37. The van der Waals surface area contributed by atoms with E-state index in [9.17, 15) is 13.2 Å². The number of ether oxygens (including phenoxy) is 1. The summed E-state index contributed by atoms with van der Waals surface area (Å²) in [6, 6.07) is 6.41. The Bertz CT molecular complexity index is 691. The van der Waals surface area contributed by atoms with Gasteiger partial charge in [-0.3, -0.25) is 14.4 Å². The molecule has 2 rings (SSSR count). The molecule has 1 aliphatic rings. The summed E-state index contributed by atoms with van der Waals surface area (Å²) in [6.45, 7) is 8.20. The molecule has 140 valence electrons. The molecule has 2 N–H and O–H groups in total. The van der Waals surface area contributed by atoms with E-state index in [1.807, 2.05) is 0 Å². The smallest absolute Gasteiger partial charge is 0.251 e. The normalized spacial score (nSPS) is 19.0. The van der Waals surface area contributed by atoms with Crippen LogP contribution >= 0.6 is 0 Å². The molecule has 7 nitrogen and oxygen atoms in total. The first kappa shape index (κ1) is 19.7. The highest BCUT2D eigenvalue weighted by Crippen LogP contribution is 2.12. The van der Waals surface area contributed by atoms with Gasteiger partial charge in [-0.2, -0.15) is 0 Å². The van der Waals surface area contributed by atoms with Crippen molar-refractivity contribution >= 4 is 21.6 Å². The highest BCUT2D eigenvalue weighted by molar-refractivity contribution is 7.92. The zero-order valence-electron chi connectivity index (χ0n) is 15.0. The van der Waals surface area contributed by atoms with E-state index in [-0.39, 0.29) is 12.0 Å². The van der Waals surface area contributed by atoms with Gasteiger partial charge < -0.3 is 10.1 Å². The molecule has 0 bridgehead atoms. The highest BCUT2D eigenvalue weighted by atomic mass is 32.2. The van der Waals surface area contributed by atoms with Crippen molar-refractivity contribution in [2.75, 3.05) is 43.8 Å². The molecule has 1 heterocycles. The lowest BCUT2D eigenvalue weighted by Gasteiger charge is -2.33. The van der Waals surface area contributed by atoms with E-state index >= 15 is 0 Å². The summed E-state index contributed by atoms with van der Waals surface area (Å²) < 4.78 is 30.7. The number of carbonyl (C=O) groups is 1. The van der Waals surface area contributed by atoms with E-state index in [1.54, 1.807) is 18.2 Å². The van der Waals surface area contributed by atoms with Crippen molar-refractivity contribution in [1.29, 1.82) is 0 Å². The van der Waals surface area contributed by atoms with Gasteiger partial charge in [0.15, 0.2) is 0 Å². The maximum absolute atomic E-state index is 12.3.